The Hall–Kier alpha value is -2.18. The first-order valence-corrected chi connectivity index (χ1v) is 9.61. The van der Waals surface area contributed by atoms with Gasteiger partial charge < -0.3 is 5.32 Å². The summed E-state index contributed by atoms with van der Waals surface area (Å²) >= 11 is 0. The van der Waals surface area contributed by atoms with Gasteiger partial charge in [0.2, 0.25) is 15.9 Å². The summed E-state index contributed by atoms with van der Waals surface area (Å²) < 4.78 is 26.6. The van der Waals surface area contributed by atoms with Gasteiger partial charge >= 0.3 is 0 Å². The third-order valence-corrected chi connectivity index (χ3v) is 5.77. The fraction of sp³-hybridized carbons (Fsp3) is 0.316. The minimum absolute atomic E-state index is 0.194. The van der Waals surface area contributed by atoms with Crippen LogP contribution in [0.1, 0.15) is 23.6 Å². The van der Waals surface area contributed by atoms with E-state index in [0.29, 0.717) is 5.69 Å². The first kappa shape index (κ1) is 19.1. The molecule has 0 saturated carbocycles. The molecule has 0 atom stereocenters. The van der Waals surface area contributed by atoms with E-state index in [1.54, 1.807) is 31.2 Å². The van der Waals surface area contributed by atoms with E-state index in [2.05, 4.69) is 5.32 Å². The van der Waals surface area contributed by atoms with Crippen LogP contribution < -0.4 is 5.32 Å². The number of hydrogen-bond acceptors (Lipinski definition) is 3. The van der Waals surface area contributed by atoms with Crippen molar-refractivity contribution >= 4 is 21.6 Å². The van der Waals surface area contributed by atoms with Gasteiger partial charge in [0.1, 0.15) is 0 Å². The number of aryl methyl sites for hydroxylation is 3. The van der Waals surface area contributed by atoms with Crippen molar-refractivity contribution in [2.45, 2.75) is 32.6 Å². The predicted molar refractivity (Wildman–Crippen MR) is 100 cm³/mol. The molecule has 0 aliphatic carbocycles. The Morgan fingerprint density at radius 2 is 1.52 bits per heavy atom. The molecule has 0 heterocycles. The van der Waals surface area contributed by atoms with Crippen LogP contribution in [0.3, 0.4) is 0 Å². The van der Waals surface area contributed by atoms with Crippen molar-refractivity contribution in [2.75, 3.05) is 18.4 Å². The molecule has 0 bridgehead atoms. The fourth-order valence-corrected chi connectivity index (χ4v) is 4.04. The Bertz CT molecular complexity index is 838. The van der Waals surface area contributed by atoms with Gasteiger partial charge in [-0.05, 0) is 56.2 Å². The van der Waals surface area contributed by atoms with E-state index >= 15 is 0 Å². The number of benzene rings is 2. The molecule has 1 N–H and O–H groups in total. The van der Waals surface area contributed by atoms with Gasteiger partial charge in [-0.25, -0.2) is 8.42 Å². The average Bonchev–Trinajstić information content (AvgIpc) is 2.51. The summed E-state index contributed by atoms with van der Waals surface area (Å²) in [4.78, 5) is 12.5. The first-order chi connectivity index (χ1) is 11.7. The molecule has 0 aliphatic heterocycles. The van der Waals surface area contributed by atoms with Gasteiger partial charge in [0.25, 0.3) is 0 Å². The zero-order valence-corrected chi connectivity index (χ0v) is 15.9. The Labute approximate surface area is 149 Å². The summed E-state index contributed by atoms with van der Waals surface area (Å²) in [5.74, 6) is -0.359. The lowest BCUT2D eigenvalue weighted by Gasteiger charge is -2.20. The molecule has 0 unspecified atom stereocenters. The van der Waals surface area contributed by atoms with Crippen LogP contribution in [-0.2, 0) is 14.8 Å². The van der Waals surface area contributed by atoms with Crippen molar-refractivity contribution in [1.82, 2.24) is 4.31 Å². The molecule has 0 aromatic heterocycles. The molecule has 0 aliphatic rings. The first-order valence-electron chi connectivity index (χ1n) is 8.17. The number of rotatable bonds is 6. The molecule has 2 rings (SSSR count). The molecular formula is C19H24N2O3S. The van der Waals surface area contributed by atoms with Gasteiger partial charge in [-0.1, -0.05) is 30.7 Å². The van der Waals surface area contributed by atoms with Crippen LogP contribution in [-0.4, -0.2) is 31.7 Å². The highest BCUT2D eigenvalue weighted by molar-refractivity contribution is 7.89. The summed E-state index contributed by atoms with van der Waals surface area (Å²) in [5, 5.41) is 2.78. The van der Waals surface area contributed by atoms with Gasteiger partial charge in [-0.2, -0.15) is 4.31 Å². The molecule has 0 spiro atoms. The maximum atomic E-state index is 12.7. The zero-order valence-electron chi connectivity index (χ0n) is 15.0. The van der Waals surface area contributed by atoms with Gasteiger partial charge in [0.05, 0.1) is 11.4 Å². The quantitative estimate of drug-likeness (QED) is 0.860. The van der Waals surface area contributed by atoms with Crippen LogP contribution in [0.25, 0.3) is 0 Å². The third-order valence-electron chi connectivity index (χ3n) is 3.84. The van der Waals surface area contributed by atoms with E-state index in [4.69, 9.17) is 0 Å². The van der Waals surface area contributed by atoms with Crippen molar-refractivity contribution in [3.8, 4) is 0 Å². The van der Waals surface area contributed by atoms with Crippen LogP contribution in [0.4, 0.5) is 5.69 Å². The highest BCUT2D eigenvalue weighted by Gasteiger charge is 2.25. The number of carbonyl (C=O) groups excluding carboxylic acids is 1. The summed E-state index contributed by atoms with van der Waals surface area (Å²) in [6, 6.07) is 12.3. The topological polar surface area (TPSA) is 66.5 Å². The van der Waals surface area contributed by atoms with E-state index in [-0.39, 0.29) is 23.9 Å². The molecule has 134 valence electrons. The maximum Gasteiger partial charge on any atom is 0.243 e. The van der Waals surface area contributed by atoms with Crippen LogP contribution in [0.5, 0.6) is 0 Å². The largest absolute Gasteiger partial charge is 0.325 e. The van der Waals surface area contributed by atoms with E-state index in [1.807, 2.05) is 39.0 Å². The number of likely N-dealkylation sites (N-methyl/N-ethyl adjacent to an activating group) is 1. The normalized spacial score (nSPS) is 11.6. The molecule has 2 aromatic carbocycles. The molecule has 0 fully saturated rings. The zero-order chi connectivity index (χ0) is 18.6. The van der Waals surface area contributed by atoms with Crippen molar-refractivity contribution < 1.29 is 13.2 Å². The van der Waals surface area contributed by atoms with Crippen LogP contribution in [0.15, 0.2) is 47.4 Å². The van der Waals surface area contributed by atoms with E-state index in [9.17, 15) is 13.2 Å². The third kappa shape index (κ3) is 4.90. The van der Waals surface area contributed by atoms with E-state index in [0.717, 1.165) is 16.7 Å². The molecule has 0 radical (unpaired) electrons. The SMILES string of the molecule is CCN(CC(=O)Nc1cc(C)cc(C)c1)S(=O)(=O)c1ccc(C)cc1. The van der Waals surface area contributed by atoms with Gasteiger partial charge in [-0.15, -0.1) is 0 Å². The highest BCUT2D eigenvalue weighted by atomic mass is 32.2. The number of nitrogens with zero attached hydrogens (tertiary/aromatic N) is 1. The fourth-order valence-electron chi connectivity index (χ4n) is 2.63. The van der Waals surface area contributed by atoms with Gasteiger partial charge in [0.15, 0.2) is 0 Å². The average molecular weight is 360 g/mol. The lowest BCUT2D eigenvalue weighted by atomic mass is 10.1. The second-order valence-corrected chi connectivity index (χ2v) is 8.11. The van der Waals surface area contributed by atoms with Crippen molar-refractivity contribution in [2.24, 2.45) is 0 Å². The minimum Gasteiger partial charge on any atom is -0.325 e. The van der Waals surface area contributed by atoms with Crippen LogP contribution in [0.2, 0.25) is 0 Å². The Kier molecular flexibility index (Phi) is 5.98. The monoisotopic (exact) mass is 360 g/mol. The lowest BCUT2D eigenvalue weighted by Crippen LogP contribution is -2.37. The number of hydrogen-bond donors (Lipinski definition) is 1. The number of amides is 1. The summed E-state index contributed by atoms with van der Waals surface area (Å²) in [5.41, 5.74) is 3.73. The standard InChI is InChI=1S/C19H24N2O3S/c1-5-21(25(23,24)18-8-6-14(2)7-9-18)13-19(22)20-17-11-15(3)10-16(4)12-17/h6-12H,5,13H2,1-4H3,(H,20,22). The Morgan fingerprint density at radius 1 is 0.960 bits per heavy atom. The van der Waals surface area contributed by atoms with Gasteiger partial charge in [-0.3, -0.25) is 4.79 Å². The van der Waals surface area contributed by atoms with E-state index in [1.165, 1.54) is 4.31 Å². The molecule has 5 nitrogen and oxygen atoms in total. The second kappa shape index (κ2) is 7.80. The Balaban J connectivity index is 2.15. The maximum absolute atomic E-state index is 12.7. The number of anilines is 1. The molecule has 2 aromatic rings. The predicted octanol–water partition coefficient (Wildman–Crippen LogP) is 3.26. The second-order valence-electron chi connectivity index (χ2n) is 6.17. The van der Waals surface area contributed by atoms with E-state index < -0.39 is 10.0 Å². The number of sulfonamides is 1. The van der Waals surface area contributed by atoms with Crippen LogP contribution in [0, 0.1) is 20.8 Å². The molecule has 25 heavy (non-hydrogen) atoms. The smallest absolute Gasteiger partial charge is 0.243 e. The van der Waals surface area contributed by atoms with Crippen LogP contribution >= 0.6 is 0 Å². The van der Waals surface area contributed by atoms with Crippen molar-refractivity contribution in [1.29, 1.82) is 0 Å². The Morgan fingerprint density at radius 3 is 2.04 bits per heavy atom. The molecular weight excluding hydrogens is 336 g/mol. The summed E-state index contributed by atoms with van der Waals surface area (Å²) in [6.07, 6.45) is 0. The summed E-state index contributed by atoms with van der Waals surface area (Å²) in [6.45, 7) is 7.50. The van der Waals surface area contributed by atoms with Gasteiger partial charge in [0, 0.05) is 12.2 Å². The van der Waals surface area contributed by atoms with Crippen molar-refractivity contribution in [3.63, 3.8) is 0 Å². The van der Waals surface area contributed by atoms with Crippen molar-refractivity contribution in [3.05, 3.63) is 59.2 Å². The number of carbonyl (C=O) groups is 1. The molecule has 0 saturated heterocycles. The summed E-state index contributed by atoms with van der Waals surface area (Å²) in [7, 11) is -3.70. The molecule has 1 amide bonds. The minimum atomic E-state index is -3.70. The molecule has 6 heteroatoms. The lowest BCUT2D eigenvalue weighted by molar-refractivity contribution is -0.116. The number of nitrogens with one attached hydrogen (secondary N) is 1. The highest BCUT2D eigenvalue weighted by Crippen LogP contribution is 2.17.